The van der Waals surface area contributed by atoms with Crippen LogP contribution >= 0.6 is 0 Å². The Kier molecular flexibility index (Phi) is 17.0. The molecule has 0 spiro atoms. The summed E-state index contributed by atoms with van der Waals surface area (Å²) in [5.74, 6) is -0.754. The van der Waals surface area contributed by atoms with E-state index in [4.69, 9.17) is 5.11 Å². The van der Waals surface area contributed by atoms with E-state index in [0.29, 0.717) is 6.61 Å². The van der Waals surface area contributed by atoms with E-state index in [1.54, 1.807) is 7.11 Å². The Morgan fingerprint density at radius 1 is 1.38 bits per heavy atom. The Labute approximate surface area is 106 Å². The van der Waals surface area contributed by atoms with E-state index < -0.39 is 5.97 Å². The quantitative estimate of drug-likeness (QED) is 0.550. The van der Waals surface area contributed by atoms with Gasteiger partial charge in [0.25, 0.3) is 0 Å². The van der Waals surface area contributed by atoms with Crippen molar-refractivity contribution in [3.05, 3.63) is 0 Å². The van der Waals surface area contributed by atoms with Crippen LogP contribution in [0.4, 0.5) is 0 Å². The van der Waals surface area contributed by atoms with Gasteiger partial charge in [0.2, 0.25) is 0 Å². The second-order valence-electron chi connectivity index (χ2n) is 3.13. The Balaban J connectivity index is 0. The molecule has 1 N–H and O–H groups in total. The van der Waals surface area contributed by atoms with Gasteiger partial charge in [-0.15, -0.1) is 0 Å². The molecular weight excluding hydrogens is 260 g/mol. The van der Waals surface area contributed by atoms with E-state index in [2.05, 4.69) is 14.6 Å². The molecule has 0 bridgehead atoms. The zero-order valence-electron chi connectivity index (χ0n) is 10.6. The molecule has 5 heteroatoms. The van der Waals surface area contributed by atoms with Crippen molar-refractivity contribution < 1.29 is 33.2 Å². The fourth-order valence-electron chi connectivity index (χ4n) is 1.02. The van der Waals surface area contributed by atoms with Crippen LogP contribution < -0.4 is 0 Å². The van der Waals surface area contributed by atoms with Crippen LogP contribution in [0.5, 0.6) is 0 Å². The summed E-state index contributed by atoms with van der Waals surface area (Å²) in [5.41, 5.74) is 0. The van der Waals surface area contributed by atoms with Crippen molar-refractivity contribution in [2.75, 3.05) is 13.7 Å². The van der Waals surface area contributed by atoms with E-state index >= 15 is 0 Å². The molecule has 0 fully saturated rings. The summed E-state index contributed by atoms with van der Waals surface area (Å²) in [7, 11) is 1.57. The fraction of sp³-hybridized carbons (Fsp3) is 0.909. The van der Waals surface area contributed by atoms with Gasteiger partial charge >= 0.3 is 49.9 Å². The molecule has 16 heavy (non-hydrogen) atoms. The van der Waals surface area contributed by atoms with Gasteiger partial charge in [-0.3, -0.25) is 4.79 Å². The summed E-state index contributed by atoms with van der Waals surface area (Å²) in [6.45, 7) is 6.60. The Morgan fingerprint density at radius 3 is 2.25 bits per heavy atom. The fourth-order valence-corrected chi connectivity index (χ4v) is 1.25. The molecule has 0 aliphatic rings. The van der Waals surface area contributed by atoms with E-state index in [1.807, 2.05) is 13.8 Å². The third kappa shape index (κ3) is 13.9. The molecule has 1 unspecified atom stereocenters. The summed E-state index contributed by atoms with van der Waals surface area (Å²) in [6.07, 6.45) is 3.71. The first kappa shape index (κ1) is 18.3. The predicted molar refractivity (Wildman–Crippen MR) is 59.6 cm³/mol. The van der Waals surface area contributed by atoms with Crippen molar-refractivity contribution in [2.24, 2.45) is 5.92 Å². The van der Waals surface area contributed by atoms with Gasteiger partial charge in [-0.1, -0.05) is 26.7 Å². The minimum absolute atomic E-state index is 0.111. The van der Waals surface area contributed by atoms with Crippen molar-refractivity contribution >= 4 is 5.97 Å². The molecule has 0 aliphatic heterocycles. The van der Waals surface area contributed by atoms with Crippen LogP contribution in [0.3, 0.4) is 0 Å². The molecule has 0 rings (SSSR count). The van der Waals surface area contributed by atoms with Gasteiger partial charge in [0.05, 0.1) is 5.92 Å². The number of hydrogen-bond acceptors (Lipinski definition) is 3. The predicted octanol–water partition coefficient (Wildman–Crippen LogP) is 2.87. The van der Waals surface area contributed by atoms with E-state index in [1.165, 1.54) is 0 Å². The maximum atomic E-state index is 10.4. The molecule has 0 aromatic carbocycles. The molecule has 0 aromatic heterocycles. The summed E-state index contributed by atoms with van der Waals surface area (Å²) in [6, 6.07) is 0. The third-order valence-corrected chi connectivity index (χ3v) is 2.46. The first-order valence-corrected chi connectivity index (χ1v) is 6.37. The number of aliphatic carboxylic acids is 1. The van der Waals surface area contributed by atoms with Gasteiger partial charge in [-0.25, -0.2) is 0 Å². The van der Waals surface area contributed by atoms with E-state index in [9.17, 15) is 4.79 Å². The van der Waals surface area contributed by atoms with Crippen molar-refractivity contribution in [1.29, 1.82) is 0 Å². The zero-order chi connectivity index (χ0) is 12.8. The second kappa shape index (κ2) is 14.9. The first-order chi connectivity index (χ1) is 7.63. The second-order valence-corrected chi connectivity index (χ2v) is 3.95. The number of rotatable bonds is 8. The van der Waals surface area contributed by atoms with Crippen LogP contribution in [0, 0.1) is 5.92 Å². The SMILES string of the molecule is CCCCC(CC)C(=O)O.CC[O][Cu][O]C. The molecule has 0 radical (unpaired) electrons. The molecule has 0 aliphatic carbocycles. The molecule has 0 saturated heterocycles. The Bertz CT molecular complexity index is 149. The van der Waals surface area contributed by atoms with Crippen molar-refractivity contribution in [1.82, 2.24) is 0 Å². The first-order valence-electron chi connectivity index (χ1n) is 5.60. The molecule has 103 valence electrons. The topological polar surface area (TPSA) is 55.8 Å². The van der Waals surface area contributed by atoms with Crippen molar-refractivity contribution in [3.63, 3.8) is 0 Å². The average Bonchev–Trinajstić information content (AvgIpc) is 2.28. The summed E-state index contributed by atoms with van der Waals surface area (Å²) < 4.78 is 9.13. The number of hydrogen-bond donors (Lipinski definition) is 1. The molecule has 0 saturated carbocycles. The molecule has 1 atom stereocenters. The van der Waals surface area contributed by atoms with Crippen LogP contribution in [0.2, 0.25) is 0 Å². The Hall–Kier alpha value is -0.0905. The van der Waals surface area contributed by atoms with Crippen molar-refractivity contribution in [2.45, 2.75) is 46.5 Å². The monoisotopic (exact) mass is 283 g/mol. The summed E-state index contributed by atoms with van der Waals surface area (Å²) in [4.78, 5) is 10.4. The van der Waals surface area contributed by atoms with Crippen LogP contribution in [-0.4, -0.2) is 24.8 Å². The number of carbonyl (C=O) groups is 1. The molecule has 0 amide bonds. The minimum atomic E-state index is -0.643. The molecule has 0 aromatic rings. The normalized spacial score (nSPS) is 11.8. The van der Waals surface area contributed by atoms with Crippen molar-refractivity contribution in [3.8, 4) is 0 Å². The van der Waals surface area contributed by atoms with Crippen LogP contribution in [0.15, 0.2) is 0 Å². The van der Waals surface area contributed by atoms with Gasteiger partial charge in [-0.05, 0) is 12.8 Å². The molecule has 4 nitrogen and oxygen atoms in total. The van der Waals surface area contributed by atoms with Gasteiger partial charge in [0, 0.05) is 0 Å². The summed E-state index contributed by atoms with van der Waals surface area (Å²) in [5, 5.41) is 8.60. The molecule has 0 heterocycles. The van der Waals surface area contributed by atoms with Gasteiger partial charge in [0.1, 0.15) is 0 Å². The van der Waals surface area contributed by atoms with E-state index in [0.717, 1.165) is 41.3 Å². The van der Waals surface area contributed by atoms with Gasteiger partial charge < -0.3 is 5.11 Å². The molecular formula is C11H24CuO4. The maximum absolute atomic E-state index is 10.4. The average molecular weight is 284 g/mol. The Morgan fingerprint density at radius 2 is 2.00 bits per heavy atom. The van der Waals surface area contributed by atoms with Gasteiger partial charge in [-0.2, -0.15) is 0 Å². The van der Waals surface area contributed by atoms with Crippen LogP contribution in [-0.2, 0) is 28.0 Å². The van der Waals surface area contributed by atoms with Crippen LogP contribution in [0.1, 0.15) is 46.5 Å². The number of unbranched alkanes of at least 4 members (excludes halogenated alkanes) is 1. The summed E-state index contributed by atoms with van der Waals surface area (Å²) >= 11 is 1.08. The number of carboxylic acid groups (broad SMARTS) is 1. The zero-order valence-corrected chi connectivity index (χ0v) is 11.5. The van der Waals surface area contributed by atoms with Gasteiger partial charge in [0.15, 0.2) is 0 Å². The third-order valence-electron chi connectivity index (χ3n) is 1.92. The standard InChI is InChI=1S/C8H16O2.C2H5O.CH3O.Cu/c1-3-5-6-7(4-2)8(9)10;1-2-3;1-2;/h7H,3-6H2,1-2H3,(H,9,10);2H2,1H3;1H3;/q;2*-1;+2. The van der Waals surface area contributed by atoms with E-state index in [-0.39, 0.29) is 5.92 Å². The van der Waals surface area contributed by atoms with Crippen LogP contribution in [0.25, 0.3) is 0 Å². The number of carboxylic acids is 1.